The van der Waals surface area contributed by atoms with Crippen molar-refractivity contribution in [1.29, 1.82) is 0 Å². The molecule has 0 aromatic carbocycles. The highest BCUT2D eigenvalue weighted by Crippen LogP contribution is 2.31. The van der Waals surface area contributed by atoms with Crippen molar-refractivity contribution in [3.63, 3.8) is 0 Å². The van der Waals surface area contributed by atoms with Gasteiger partial charge in [0.1, 0.15) is 0 Å². The van der Waals surface area contributed by atoms with Gasteiger partial charge in [0.05, 0.1) is 0 Å². The van der Waals surface area contributed by atoms with Crippen molar-refractivity contribution >= 4 is 11.8 Å². The Bertz CT molecular complexity index is 212. The molecule has 0 spiro atoms. The third-order valence-corrected chi connectivity index (χ3v) is 5.17. The third-order valence-electron chi connectivity index (χ3n) is 4.01. The molecule has 1 N–H and O–H groups in total. The highest BCUT2D eigenvalue weighted by atomic mass is 32.2. The van der Waals surface area contributed by atoms with Gasteiger partial charge in [-0.05, 0) is 50.4 Å². The van der Waals surface area contributed by atoms with Crippen LogP contribution < -0.4 is 5.32 Å². The van der Waals surface area contributed by atoms with Crippen molar-refractivity contribution in [2.24, 2.45) is 5.92 Å². The Morgan fingerprint density at radius 3 is 2.87 bits per heavy atom. The Hall–Kier alpha value is 0.270. The van der Waals surface area contributed by atoms with Gasteiger partial charge in [0.15, 0.2) is 0 Å². The first kappa shape index (κ1) is 10.4. The molecule has 1 aliphatic carbocycles. The average Bonchev–Trinajstić information content (AvgIpc) is 2.82. The molecule has 3 heteroatoms. The second-order valence-corrected chi connectivity index (χ2v) is 6.50. The van der Waals surface area contributed by atoms with Gasteiger partial charge < -0.3 is 10.2 Å². The Labute approximate surface area is 97.2 Å². The summed E-state index contributed by atoms with van der Waals surface area (Å²) >= 11 is 2.11. The molecule has 0 aromatic heterocycles. The van der Waals surface area contributed by atoms with Gasteiger partial charge in [-0.3, -0.25) is 0 Å². The van der Waals surface area contributed by atoms with Gasteiger partial charge in [-0.15, -0.1) is 0 Å². The first-order valence-electron chi connectivity index (χ1n) is 6.47. The molecular weight excluding hydrogens is 204 g/mol. The van der Waals surface area contributed by atoms with Crippen molar-refractivity contribution in [2.75, 3.05) is 31.1 Å². The lowest BCUT2D eigenvalue weighted by Gasteiger charge is -2.17. The maximum Gasteiger partial charge on any atom is 0.0166 e. The fraction of sp³-hybridized carbons (Fsp3) is 1.00. The topological polar surface area (TPSA) is 15.3 Å². The van der Waals surface area contributed by atoms with Crippen LogP contribution in [0.25, 0.3) is 0 Å². The van der Waals surface area contributed by atoms with Gasteiger partial charge in [-0.2, -0.15) is 11.8 Å². The maximum absolute atomic E-state index is 3.76. The van der Waals surface area contributed by atoms with Crippen LogP contribution in [0.2, 0.25) is 0 Å². The molecule has 3 rings (SSSR count). The highest BCUT2D eigenvalue weighted by Gasteiger charge is 2.34. The summed E-state index contributed by atoms with van der Waals surface area (Å²) in [6, 6.07) is 1.81. The van der Waals surface area contributed by atoms with Gasteiger partial charge in [-0.25, -0.2) is 0 Å². The summed E-state index contributed by atoms with van der Waals surface area (Å²) < 4.78 is 0. The van der Waals surface area contributed by atoms with Crippen molar-refractivity contribution in [2.45, 2.75) is 37.8 Å². The zero-order chi connectivity index (χ0) is 10.1. The van der Waals surface area contributed by atoms with Crippen molar-refractivity contribution in [3.8, 4) is 0 Å². The molecular formula is C12H22N2S. The summed E-state index contributed by atoms with van der Waals surface area (Å²) in [7, 11) is 0. The molecule has 1 saturated carbocycles. The SMILES string of the molecule is C1CC(NCC2CCN(C3CC3)C2)CS1. The molecule has 15 heavy (non-hydrogen) atoms. The second-order valence-electron chi connectivity index (χ2n) is 5.35. The average molecular weight is 226 g/mol. The van der Waals surface area contributed by atoms with Crippen molar-refractivity contribution < 1.29 is 0 Å². The largest absolute Gasteiger partial charge is 0.313 e. The van der Waals surface area contributed by atoms with Crippen LogP contribution in [0.4, 0.5) is 0 Å². The van der Waals surface area contributed by atoms with Crippen LogP contribution in [0.15, 0.2) is 0 Å². The first-order valence-corrected chi connectivity index (χ1v) is 7.62. The lowest BCUT2D eigenvalue weighted by atomic mass is 10.1. The van der Waals surface area contributed by atoms with Crippen LogP contribution in [0.5, 0.6) is 0 Å². The minimum Gasteiger partial charge on any atom is -0.313 e. The number of hydrogen-bond donors (Lipinski definition) is 1. The van der Waals surface area contributed by atoms with Crippen LogP contribution in [0.1, 0.15) is 25.7 Å². The van der Waals surface area contributed by atoms with E-state index in [0.717, 1.165) is 18.0 Å². The molecule has 2 atom stereocenters. The maximum atomic E-state index is 3.76. The summed E-state index contributed by atoms with van der Waals surface area (Å²) in [5, 5.41) is 3.76. The number of thioether (sulfide) groups is 1. The molecule has 2 nitrogen and oxygen atoms in total. The molecule has 0 aromatic rings. The van der Waals surface area contributed by atoms with Gasteiger partial charge in [0.25, 0.3) is 0 Å². The number of hydrogen-bond acceptors (Lipinski definition) is 3. The van der Waals surface area contributed by atoms with Crippen LogP contribution in [0.3, 0.4) is 0 Å². The molecule has 3 aliphatic rings. The summed E-state index contributed by atoms with van der Waals surface area (Å²) in [5.74, 6) is 3.66. The fourth-order valence-electron chi connectivity index (χ4n) is 2.83. The van der Waals surface area contributed by atoms with E-state index in [-0.39, 0.29) is 0 Å². The molecule has 0 amide bonds. The Balaban J connectivity index is 1.37. The van der Waals surface area contributed by atoms with E-state index in [1.165, 1.54) is 56.8 Å². The predicted octanol–water partition coefficient (Wildman–Crippen LogP) is 1.57. The molecule has 0 bridgehead atoms. The zero-order valence-electron chi connectivity index (χ0n) is 9.45. The Morgan fingerprint density at radius 1 is 1.20 bits per heavy atom. The third kappa shape index (κ3) is 2.69. The zero-order valence-corrected chi connectivity index (χ0v) is 10.3. The summed E-state index contributed by atoms with van der Waals surface area (Å²) in [5.41, 5.74) is 0. The molecule has 2 heterocycles. The van der Waals surface area contributed by atoms with Crippen molar-refractivity contribution in [3.05, 3.63) is 0 Å². The summed E-state index contributed by atoms with van der Waals surface area (Å²) in [6.07, 6.45) is 5.77. The van der Waals surface area contributed by atoms with Gasteiger partial charge in [0.2, 0.25) is 0 Å². The van der Waals surface area contributed by atoms with Gasteiger partial charge in [-0.1, -0.05) is 0 Å². The van der Waals surface area contributed by atoms with Crippen molar-refractivity contribution in [1.82, 2.24) is 10.2 Å². The second kappa shape index (κ2) is 4.64. The Kier molecular flexibility index (Phi) is 3.23. The molecule has 2 unspecified atom stereocenters. The number of nitrogens with zero attached hydrogens (tertiary/aromatic N) is 1. The summed E-state index contributed by atoms with van der Waals surface area (Å²) in [4.78, 5) is 2.72. The quantitative estimate of drug-likeness (QED) is 0.783. The molecule has 2 saturated heterocycles. The minimum atomic E-state index is 0.824. The normalized spacial score (nSPS) is 37.6. The number of nitrogens with one attached hydrogen (secondary N) is 1. The van der Waals surface area contributed by atoms with Crippen LogP contribution >= 0.6 is 11.8 Å². The highest BCUT2D eigenvalue weighted by molar-refractivity contribution is 7.99. The van der Waals surface area contributed by atoms with Gasteiger partial charge >= 0.3 is 0 Å². The minimum absolute atomic E-state index is 0.824. The van der Waals surface area contributed by atoms with E-state index >= 15 is 0 Å². The molecule has 2 aliphatic heterocycles. The fourth-order valence-corrected chi connectivity index (χ4v) is 4.02. The molecule has 3 fully saturated rings. The van der Waals surface area contributed by atoms with E-state index in [9.17, 15) is 0 Å². The first-order chi connectivity index (χ1) is 7.42. The van der Waals surface area contributed by atoms with Crippen LogP contribution in [-0.2, 0) is 0 Å². The lowest BCUT2D eigenvalue weighted by molar-refractivity contribution is 0.310. The Morgan fingerprint density at radius 2 is 2.13 bits per heavy atom. The van der Waals surface area contributed by atoms with E-state index in [1.54, 1.807) is 0 Å². The number of rotatable bonds is 4. The van der Waals surface area contributed by atoms with E-state index in [1.807, 2.05) is 0 Å². The lowest BCUT2D eigenvalue weighted by Crippen LogP contribution is -2.34. The standard InChI is InChI=1S/C12H22N2S/c1-2-12(1)14-5-3-10(8-14)7-13-11-4-6-15-9-11/h10-13H,1-9H2. The molecule has 86 valence electrons. The van der Waals surface area contributed by atoms with E-state index < -0.39 is 0 Å². The number of likely N-dealkylation sites (tertiary alicyclic amines) is 1. The predicted molar refractivity (Wildman–Crippen MR) is 66.4 cm³/mol. The van der Waals surface area contributed by atoms with Crippen LogP contribution in [-0.4, -0.2) is 48.1 Å². The summed E-state index contributed by atoms with van der Waals surface area (Å²) in [6.45, 7) is 4.02. The van der Waals surface area contributed by atoms with Gasteiger partial charge in [0, 0.05) is 24.4 Å². The monoisotopic (exact) mass is 226 g/mol. The molecule has 0 radical (unpaired) electrons. The van der Waals surface area contributed by atoms with E-state index in [4.69, 9.17) is 0 Å². The van der Waals surface area contributed by atoms with Crippen LogP contribution in [0, 0.1) is 5.92 Å². The van der Waals surface area contributed by atoms with E-state index in [0.29, 0.717) is 0 Å². The van der Waals surface area contributed by atoms with E-state index in [2.05, 4.69) is 22.0 Å². The smallest absolute Gasteiger partial charge is 0.0166 e.